The molecule has 5 heterocycles. The molecule has 23 amide bonds. The summed E-state index contributed by atoms with van der Waals surface area (Å²) in [4.78, 5) is 363. The van der Waals surface area contributed by atoms with Crippen molar-refractivity contribution in [3.8, 4) is 5.75 Å². The molecule has 4 aliphatic heterocycles. The standard InChI is InChI=1S/C93H140N26O31/c1-10-45(6)74(92(148)118-29-13-16-64(118)88(144)104-48(9)77(133)108-60(37-72(127)128)84(140)106-53(24-26-68(95)123)79(135)110-55(31-43(2)3)82(138)115-63(41-120)87(143)114-62(93(149)150)36-70(97)125)116-86(142)56(32-44(4)5)111-80(136)52(23-25-67(94)122)105-83(139)59(35-69(96)124)107-75(131)46(7)102-71(126)40-100-78(134)58(34-50-39-98-42-101-50)112-85(141)61(38-73(129)130)109-76(132)47(8)103-81(137)57(33-49-19-21-51(121)22-20-49)113-89(145)65-17-12-28-117(65)91(147)66-18-14-30-119(66)90(146)54-15-11-27-99-54/h19-22,39,42-48,52-66,74,99,120-121H,10-18,23-38,40-41H2,1-9H3,(H2,94,122)(H2,95,123)(H2,96,124)(H2,97,125)(H,98,101)(H,100,134)(H,102,126)(H,103,137)(H,104,144)(H,105,139)(H,106,140)(H,107,131)(H,108,133)(H,109,132)(H,110,135)(H,111,136)(H,112,141)(H,113,145)(H,114,143)(H,115,138)(H,116,142)(H,127,128)(H,129,130)(H,149,150)/t45-,46-,47-,48-,52-,53-,54-,55-,56-,57-,58-,59-,60-,61-,62-,63-,64-,65-,66-,74-/m0/s1. The number of primary amides is 4. The molecule has 31 N–H and O–H groups in total. The molecule has 6 rings (SSSR count). The first-order valence-corrected chi connectivity index (χ1v) is 49.2. The minimum absolute atomic E-state index is 0.0334. The lowest BCUT2D eigenvalue weighted by Gasteiger charge is -2.33. The van der Waals surface area contributed by atoms with Gasteiger partial charge < -0.3 is 159 Å². The number of aliphatic hydroxyl groups is 1. The van der Waals surface area contributed by atoms with E-state index in [4.69, 9.17) is 22.9 Å². The van der Waals surface area contributed by atoms with Crippen molar-refractivity contribution < 1.29 is 150 Å². The largest absolute Gasteiger partial charge is 0.508 e. The van der Waals surface area contributed by atoms with Crippen molar-refractivity contribution >= 4 is 154 Å². The van der Waals surface area contributed by atoms with Crippen molar-refractivity contribution in [3.63, 3.8) is 0 Å². The van der Waals surface area contributed by atoms with Gasteiger partial charge >= 0.3 is 17.9 Å². The van der Waals surface area contributed by atoms with Gasteiger partial charge in [0.15, 0.2) is 0 Å². The van der Waals surface area contributed by atoms with Crippen LogP contribution in [0.15, 0.2) is 36.8 Å². The number of aliphatic hydroxyl groups excluding tert-OH is 1. The van der Waals surface area contributed by atoms with E-state index < -0.39 is 351 Å². The number of imidazole rings is 1. The summed E-state index contributed by atoms with van der Waals surface area (Å²) in [5, 5.41) is 90.0. The molecular weight excluding hydrogens is 1980 g/mol. The Hall–Kier alpha value is -15.6. The number of carboxylic acids is 3. The smallest absolute Gasteiger partial charge is 0.326 e. The monoisotopic (exact) mass is 2120 g/mol. The van der Waals surface area contributed by atoms with Gasteiger partial charge in [-0.05, 0) is 140 Å². The Labute approximate surface area is 861 Å². The molecule has 828 valence electrons. The highest BCUT2D eigenvalue weighted by atomic mass is 16.4. The minimum Gasteiger partial charge on any atom is -0.508 e. The molecule has 1 aromatic heterocycles. The molecule has 0 unspecified atom stereocenters. The number of carbonyl (C=O) groups excluding carboxylic acids is 23. The predicted octanol–water partition coefficient (Wildman–Crippen LogP) is -10.5. The number of hydrogen-bond acceptors (Lipinski definition) is 30. The molecule has 57 heteroatoms. The van der Waals surface area contributed by atoms with Gasteiger partial charge in [-0.25, -0.2) is 9.78 Å². The number of H-pyrrole nitrogens is 1. The number of aliphatic carboxylic acids is 3. The van der Waals surface area contributed by atoms with Crippen molar-refractivity contribution in [2.75, 3.05) is 39.3 Å². The van der Waals surface area contributed by atoms with Crippen LogP contribution in [0.5, 0.6) is 5.75 Å². The van der Waals surface area contributed by atoms with Gasteiger partial charge in [-0.15, -0.1) is 0 Å². The van der Waals surface area contributed by atoms with E-state index in [0.717, 1.165) is 25.2 Å². The third-order valence-corrected chi connectivity index (χ3v) is 25.2. The van der Waals surface area contributed by atoms with Crippen LogP contribution in [0.1, 0.15) is 196 Å². The summed E-state index contributed by atoms with van der Waals surface area (Å²) < 4.78 is 0. The topological polar surface area (TPSA) is 892 Å². The Morgan fingerprint density at radius 2 is 0.807 bits per heavy atom. The van der Waals surface area contributed by atoms with Crippen LogP contribution in [0, 0.1) is 17.8 Å². The number of benzene rings is 1. The molecule has 0 aliphatic carbocycles. The fourth-order valence-electron chi connectivity index (χ4n) is 17.0. The zero-order chi connectivity index (χ0) is 112. The van der Waals surface area contributed by atoms with Gasteiger partial charge in [0.25, 0.3) is 0 Å². The number of phenolic OH excluding ortho intramolecular Hbond substituents is 1. The molecule has 4 saturated heterocycles. The molecule has 0 bridgehead atoms. The summed E-state index contributed by atoms with van der Waals surface area (Å²) in [6.45, 7) is 12.1. The number of aromatic nitrogens is 2. The first kappa shape index (κ1) is 123. The fourth-order valence-corrected chi connectivity index (χ4v) is 17.0. The molecule has 0 saturated carbocycles. The van der Waals surface area contributed by atoms with Gasteiger partial charge in [0.2, 0.25) is 136 Å². The first-order valence-electron chi connectivity index (χ1n) is 49.2. The quantitative estimate of drug-likeness (QED) is 0.0292. The third-order valence-electron chi connectivity index (χ3n) is 25.2. The number of nitrogens with two attached hydrogens (primary N) is 4. The van der Waals surface area contributed by atoms with Crippen LogP contribution in [-0.2, 0) is 137 Å². The number of carbonyl (C=O) groups is 26. The lowest BCUT2D eigenvalue weighted by atomic mass is 9.95. The van der Waals surface area contributed by atoms with Crippen LogP contribution in [-0.4, -0.2) is 358 Å². The van der Waals surface area contributed by atoms with Crippen LogP contribution in [0.4, 0.5) is 0 Å². The lowest BCUT2D eigenvalue weighted by Crippen LogP contribution is -2.61. The second-order valence-electron chi connectivity index (χ2n) is 38.2. The molecule has 1 aromatic carbocycles. The highest BCUT2D eigenvalue weighted by Gasteiger charge is 2.48. The lowest BCUT2D eigenvalue weighted by molar-refractivity contribution is -0.147. The summed E-state index contributed by atoms with van der Waals surface area (Å²) in [7, 11) is 0. The van der Waals surface area contributed by atoms with Crippen molar-refractivity contribution in [2.45, 2.75) is 312 Å². The van der Waals surface area contributed by atoms with E-state index in [-0.39, 0.29) is 75.4 Å². The molecule has 4 fully saturated rings. The SMILES string of the molecule is CC[C@H](C)[C@H](NC(=O)[C@H](CC(C)C)NC(=O)[C@H](CCC(N)=O)NC(=O)[C@H](CC(N)=O)NC(=O)[C@H](C)NC(=O)CNC(=O)[C@H](Cc1cnc[nH]1)NC(=O)[C@H](CC(=O)O)NC(=O)[C@H](C)NC(=O)[C@H](Cc1ccc(O)cc1)NC(=O)[C@@H]1CCCN1C(=O)[C@@H]1CCCN1C(=O)[C@@H]1CCCN1)C(=O)N1CCC[C@H]1C(=O)N[C@@H](C)C(=O)N[C@@H](CC(=O)O)C(=O)N[C@@H](CCC(N)=O)C(=O)N[C@@H](CC(C)C)C(=O)N[C@@H](CO)C(=O)N[C@@H](CC(N)=O)C(=O)O. The van der Waals surface area contributed by atoms with E-state index in [2.05, 4.69) is 95.0 Å². The van der Waals surface area contributed by atoms with Crippen molar-refractivity contribution in [2.24, 2.45) is 40.7 Å². The number of hydrogen-bond donors (Lipinski definition) is 27. The van der Waals surface area contributed by atoms with E-state index in [9.17, 15) is 150 Å². The zero-order valence-corrected chi connectivity index (χ0v) is 84.7. The average Bonchev–Trinajstić information content (AvgIpc) is 1.64. The molecule has 150 heavy (non-hydrogen) atoms. The Morgan fingerprint density at radius 1 is 0.407 bits per heavy atom. The molecule has 57 nitrogen and oxygen atoms in total. The van der Waals surface area contributed by atoms with E-state index >= 15 is 0 Å². The van der Waals surface area contributed by atoms with Gasteiger partial charge in [0.05, 0.1) is 51.2 Å². The Morgan fingerprint density at radius 3 is 1.27 bits per heavy atom. The van der Waals surface area contributed by atoms with Crippen molar-refractivity contribution in [1.29, 1.82) is 0 Å². The van der Waals surface area contributed by atoms with E-state index in [1.807, 2.05) is 5.32 Å². The molecule has 2 aromatic rings. The summed E-state index contributed by atoms with van der Waals surface area (Å²) >= 11 is 0. The number of nitrogens with zero attached hydrogens (tertiary/aromatic N) is 4. The van der Waals surface area contributed by atoms with E-state index in [1.165, 1.54) is 48.6 Å². The molecule has 0 radical (unpaired) electrons. The van der Waals surface area contributed by atoms with Gasteiger partial charge in [-0.1, -0.05) is 60.1 Å². The second-order valence-corrected chi connectivity index (χ2v) is 38.2. The maximum Gasteiger partial charge on any atom is 0.326 e. The van der Waals surface area contributed by atoms with Gasteiger partial charge in [0.1, 0.15) is 115 Å². The minimum atomic E-state index is -2.06. The van der Waals surface area contributed by atoms with E-state index in [1.54, 1.807) is 46.4 Å². The Kier molecular flexibility index (Phi) is 48.7. The number of likely N-dealkylation sites (tertiary alicyclic amines) is 3. The summed E-state index contributed by atoms with van der Waals surface area (Å²) in [5.41, 5.74) is 22.1. The summed E-state index contributed by atoms with van der Waals surface area (Å²) in [5.74, 6) is -30.7. The van der Waals surface area contributed by atoms with Crippen molar-refractivity contribution in [3.05, 3.63) is 48.0 Å². The Balaban J connectivity index is 1.08. The summed E-state index contributed by atoms with van der Waals surface area (Å²) in [6.07, 6.45) is -1.90. The van der Waals surface area contributed by atoms with Crippen LogP contribution >= 0.6 is 0 Å². The van der Waals surface area contributed by atoms with Crippen LogP contribution in [0.3, 0.4) is 0 Å². The predicted molar refractivity (Wildman–Crippen MR) is 520 cm³/mol. The number of aromatic hydroxyl groups is 1. The highest BCUT2D eigenvalue weighted by Crippen LogP contribution is 2.29. The Bertz CT molecular complexity index is 5210. The number of rotatable bonds is 61. The number of phenols is 1. The van der Waals surface area contributed by atoms with Gasteiger partial charge in [0, 0.05) is 57.2 Å². The second kappa shape index (κ2) is 59.4. The number of carboxylic acid groups (broad SMARTS) is 3. The number of nitrogens with one attached hydrogen (secondary N) is 18. The first-order chi connectivity index (χ1) is 70.6. The van der Waals surface area contributed by atoms with Crippen LogP contribution in [0.25, 0.3) is 0 Å². The van der Waals surface area contributed by atoms with Gasteiger partial charge in [-0.3, -0.25) is 120 Å². The van der Waals surface area contributed by atoms with E-state index in [0.29, 0.717) is 44.3 Å². The third kappa shape index (κ3) is 39.2. The molecule has 0 spiro atoms. The molecule has 20 atom stereocenters. The summed E-state index contributed by atoms with van der Waals surface area (Å²) in [6, 6.07) is -24.3. The molecular formula is C93H140N26O31. The van der Waals surface area contributed by atoms with Crippen LogP contribution in [0.2, 0.25) is 0 Å². The number of amides is 23. The van der Waals surface area contributed by atoms with Crippen LogP contribution < -0.4 is 113 Å². The van der Waals surface area contributed by atoms with Gasteiger partial charge in [-0.2, -0.15) is 0 Å². The number of aromatic amines is 1. The normalized spacial score (nSPS) is 18.4. The highest BCUT2D eigenvalue weighted by molar-refractivity contribution is 6.04. The maximum atomic E-state index is 14.9. The fraction of sp³-hybridized carbons (Fsp3) is 0.624. The maximum absolute atomic E-state index is 14.9. The zero-order valence-electron chi connectivity index (χ0n) is 84.7. The average molecular weight is 2120 g/mol. The van der Waals surface area contributed by atoms with Crippen molar-refractivity contribution in [1.82, 2.24) is 115 Å². The molecule has 4 aliphatic rings.